The van der Waals surface area contributed by atoms with Gasteiger partial charge in [-0.3, -0.25) is 0 Å². The largest absolute Gasteiger partial charge is 0.0654 e. The highest BCUT2D eigenvalue weighted by Gasteiger charge is 2.04. The molecular weight excluding hydrogens is 240 g/mol. The summed E-state index contributed by atoms with van der Waals surface area (Å²) in [5.41, 5.74) is 4.80. The molecule has 1 rings (SSSR count). The van der Waals surface area contributed by atoms with Gasteiger partial charge in [-0.2, -0.15) is 0 Å². The van der Waals surface area contributed by atoms with Gasteiger partial charge in [-0.15, -0.1) is 0 Å². The fraction of sp³-hybridized carbons (Fsp3) is 0.700. The molecule has 1 aromatic carbocycles. The van der Waals surface area contributed by atoms with Gasteiger partial charge in [-0.1, -0.05) is 71.1 Å². The van der Waals surface area contributed by atoms with Crippen molar-refractivity contribution in [1.29, 1.82) is 0 Å². The maximum absolute atomic E-state index is 2.51. The van der Waals surface area contributed by atoms with Crippen LogP contribution in [0.1, 0.15) is 88.8 Å². The fourth-order valence-electron chi connectivity index (χ4n) is 2.80. The molecule has 0 aliphatic heterocycles. The Morgan fingerprint density at radius 2 is 1.25 bits per heavy atom. The molecular formula is C20H34. The van der Waals surface area contributed by atoms with Crippen molar-refractivity contribution >= 4 is 0 Å². The second kappa shape index (κ2) is 10.9. The summed E-state index contributed by atoms with van der Waals surface area (Å²) >= 11 is 0. The van der Waals surface area contributed by atoms with Crippen molar-refractivity contribution in [3.05, 3.63) is 34.9 Å². The van der Waals surface area contributed by atoms with Crippen molar-refractivity contribution in [2.45, 2.75) is 91.4 Å². The lowest BCUT2D eigenvalue weighted by atomic mass is 9.94. The van der Waals surface area contributed by atoms with E-state index in [9.17, 15) is 0 Å². The highest BCUT2D eigenvalue weighted by molar-refractivity contribution is 5.32. The zero-order valence-electron chi connectivity index (χ0n) is 14.0. The summed E-state index contributed by atoms with van der Waals surface area (Å²) in [6.45, 7) is 6.86. The van der Waals surface area contributed by atoms with Crippen LogP contribution in [0.15, 0.2) is 18.2 Å². The van der Waals surface area contributed by atoms with E-state index in [2.05, 4.69) is 39.0 Å². The van der Waals surface area contributed by atoms with Crippen LogP contribution in [0.5, 0.6) is 0 Å². The molecule has 20 heavy (non-hydrogen) atoms. The van der Waals surface area contributed by atoms with Crippen LogP contribution in [0.25, 0.3) is 0 Å². The van der Waals surface area contributed by atoms with Crippen LogP contribution >= 0.6 is 0 Å². The zero-order valence-corrected chi connectivity index (χ0v) is 14.0. The molecule has 0 unspecified atom stereocenters. The molecule has 0 N–H and O–H groups in total. The Hall–Kier alpha value is -0.780. The topological polar surface area (TPSA) is 0 Å². The average molecular weight is 274 g/mol. The number of aryl methyl sites for hydroxylation is 3. The van der Waals surface area contributed by atoms with Gasteiger partial charge < -0.3 is 0 Å². The summed E-state index contributed by atoms with van der Waals surface area (Å²) in [7, 11) is 0. The van der Waals surface area contributed by atoms with Gasteiger partial charge in [-0.05, 0) is 55.2 Å². The SMILES string of the molecule is CCCCCCc1ccc(CCCC)c(CCCC)c1. The van der Waals surface area contributed by atoms with Crippen LogP contribution in [0.4, 0.5) is 0 Å². The first-order chi connectivity index (χ1) is 9.81. The Labute approximate surface area is 127 Å². The molecule has 0 atom stereocenters. The predicted molar refractivity (Wildman–Crippen MR) is 91.5 cm³/mol. The van der Waals surface area contributed by atoms with Gasteiger partial charge in [0.25, 0.3) is 0 Å². The molecule has 0 aliphatic carbocycles. The Morgan fingerprint density at radius 3 is 1.90 bits per heavy atom. The molecule has 114 valence electrons. The van der Waals surface area contributed by atoms with E-state index in [0.29, 0.717) is 0 Å². The molecule has 0 amide bonds. The van der Waals surface area contributed by atoms with Crippen LogP contribution in [-0.2, 0) is 19.3 Å². The van der Waals surface area contributed by atoms with Crippen LogP contribution in [0.2, 0.25) is 0 Å². The predicted octanol–water partition coefficient (Wildman–Crippen LogP) is 6.49. The van der Waals surface area contributed by atoms with Gasteiger partial charge in [-0.25, -0.2) is 0 Å². The summed E-state index contributed by atoms with van der Waals surface area (Å²) in [6.07, 6.45) is 14.5. The van der Waals surface area contributed by atoms with Crippen molar-refractivity contribution in [2.75, 3.05) is 0 Å². The maximum Gasteiger partial charge on any atom is -0.0276 e. The molecule has 0 aliphatic rings. The highest BCUT2D eigenvalue weighted by atomic mass is 14.1. The number of rotatable bonds is 11. The van der Waals surface area contributed by atoms with Crippen LogP contribution < -0.4 is 0 Å². The van der Waals surface area contributed by atoms with E-state index in [1.165, 1.54) is 70.6 Å². The number of unbranched alkanes of at least 4 members (excludes halogenated alkanes) is 5. The van der Waals surface area contributed by atoms with Crippen LogP contribution in [-0.4, -0.2) is 0 Å². The third kappa shape index (κ3) is 6.59. The molecule has 0 spiro atoms. The quantitative estimate of drug-likeness (QED) is 0.404. The third-order valence-corrected chi connectivity index (χ3v) is 4.19. The lowest BCUT2D eigenvalue weighted by molar-refractivity contribution is 0.666. The molecule has 0 saturated heterocycles. The van der Waals surface area contributed by atoms with Gasteiger partial charge in [0, 0.05) is 0 Å². The summed E-state index contributed by atoms with van der Waals surface area (Å²) < 4.78 is 0. The summed E-state index contributed by atoms with van der Waals surface area (Å²) in [5, 5.41) is 0. The molecule has 0 heterocycles. The molecule has 0 fully saturated rings. The van der Waals surface area contributed by atoms with Crippen LogP contribution in [0.3, 0.4) is 0 Å². The van der Waals surface area contributed by atoms with Gasteiger partial charge in [0.15, 0.2) is 0 Å². The van der Waals surface area contributed by atoms with E-state index in [0.717, 1.165) is 0 Å². The van der Waals surface area contributed by atoms with Gasteiger partial charge in [0.2, 0.25) is 0 Å². The standard InChI is InChI=1S/C20H34/c1-4-7-10-11-12-18-15-16-19(13-8-5-2)20(17-18)14-9-6-3/h15-17H,4-14H2,1-3H3. The highest BCUT2D eigenvalue weighted by Crippen LogP contribution is 2.19. The number of hydrogen-bond acceptors (Lipinski definition) is 0. The average Bonchev–Trinajstić information content (AvgIpc) is 2.48. The first-order valence-corrected chi connectivity index (χ1v) is 8.92. The molecule has 0 heteroatoms. The molecule has 0 bridgehead atoms. The zero-order chi connectivity index (χ0) is 14.6. The molecule has 0 radical (unpaired) electrons. The van der Waals surface area contributed by atoms with Crippen molar-refractivity contribution in [2.24, 2.45) is 0 Å². The smallest absolute Gasteiger partial charge is 0.0276 e. The van der Waals surface area contributed by atoms with E-state index in [4.69, 9.17) is 0 Å². The summed E-state index contributed by atoms with van der Waals surface area (Å²) in [4.78, 5) is 0. The number of benzene rings is 1. The van der Waals surface area contributed by atoms with Crippen LogP contribution in [0, 0.1) is 0 Å². The van der Waals surface area contributed by atoms with Crippen molar-refractivity contribution in [3.8, 4) is 0 Å². The van der Waals surface area contributed by atoms with Gasteiger partial charge >= 0.3 is 0 Å². The molecule has 0 aromatic heterocycles. The minimum Gasteiger partial charge on any atom is -0.0654 e. The van der Waals surface area contributed by atoms with Crippen molar-refractivity contribution in [3.63, 3.8) is 0 Å². The lowest BCUT2D eigenvalue weighted by Crippen LogP contribution is -1.98. The van der Waals surface area contributed by atoms with E-state index < -0.39 is 0 Å². The van der Waals surface area contributed by atoms with Crippen molar-refractivity contribution < 1.29 is 0 Å². The Balaban J connectivity index is 2.62. The van der Waals surface area contributed by atoms with E-state index in [-0.39, 0.29) is 0 Å². The summed E-state index contributed by atoms with van der Waals surface area (Å²) in [6, 6.07) is 7.30. The third-order valence-electron chi connectivity index (χ3n) is 4.19. The van der Waals surface area contributed by atoms with E-state index >= 15 is 0 Å². The number of hydrogen-bond donors (Lipinski definition) is 0. The molecule has 0 nitrogen and oxygen atoms in total. The second-order valence-corrected chi connectivity index (χ2v) is 6.12. The minimum atomic E-state index is 1.27. The Kier molecular flexibility index (Phi) is 9.45. The monoisotopic (exact) mass is 274 g/mol. The first kappa shape index (κ1) is 17.3. The molecule has 0 saturated carbocycles. The van der Waals surface area contributed by atoms with E-state index in [1.807, 2.05) is 0 Å². The normalized spacial score (nSPS) is 10.9. The Morgan fingerprint density at radius 1 is 0.600 bits per heavy atom. The van der Waals surface area contributed by atoms with Crippen molar-refractivity contribution in [1.82, 2.24) is 0 Å². The second-order valence-electron chi connectivity index (χ2n) is 6.12. The fourth-order valence-corrected chi connectivity index (χ4v) is 2.80. The molecule has 1 aromatic rings. The minimum absolute atomic E-state index is 1.27. The maximum atomic E-state index is 2.51. The van der Waals surface area contributed by atoms with Gasteiger partial charge in [0.05, 0.1) is 0 Å². The van der Waals surface area contributed by atoms with Gasteiger partial charge in [0.1, 0.15) is 0 Å². The lowest BCUT2D eigenvalue weighted by Gasteiger charge is -2.12. The Bertz CT molecular complexity index is 351. The first-order valence-electron chi connectivity index (χ1n) is 8.92. The van der Waals surface area contributed by atoms with E-state index in [1.54, 1.807) is 16.7 Å². The summed E-state index contributed by atoms with van der Waals surface area (Å²) in [5.74, 6) is 0.